The Labute approximate surface area is 148 Å². The van der Waals surface area contributed by atoms with Crippen LogP contribution in [-0.2, 0) is 11.2 Å². The van der Waals surface area contributed by atoms with E-state index in [0.717, 1.165) is 18.7 Å². The molecule has 0 spiro atoms. The summed E-state index contributed by atoms with van der Waals surface area (Å²) in [6.45, 7) is 5.71. The number of carbonyl (C=O) groups excluding carboxylic acids is 1. The summed E-state index contributed by atoms with van der Waals surface area (Å²) in [5, 5.41) is 0. The Bertz CT molecular complexity index is 489. The molecule has 0 saturated carbocycles. The SMILES string of the molecule is CCN(CC)C(N)=NCC(Cc1ccc(F)cc1)C(N)=O.I. The maximum atomic E-state index is 12.9. The minimum absolute atomic E-state index is 0. The highest BCUT2D eigenvalue weighted by Crippen LogP contribution is 2.10. The summed E-state index contributed by atoms with van der Waals surface area (Å²) >= 11 is 0. The monoisotopic (exact) mass is 422 g/mol. The molecule has 0 saturated heterocycles. The molecule has 7 heteroatoms. The van der Waals surface area contributed by atoms with E-state index in [1.54, 1.807) is 12.1 Å². The zero-order valence-corrected chi connectivity index (χ0v) is 15.3. The molecule has 1 rings (SSSR count). The summed E-state index contributed by atoms with van der Waals surface area (Å²) in [6.07, 6.45) is 0.421. The highest BCUT2D eigenvalue weighted by Gasteiger charge is 2.16. The van der Waals surface area contributed by atoms with Crippen LogP contribution in [0.2, 0.25) is 0 Å². The van der Waals surface area contributed by atoms with Crippen molar-refractivity contribution in [1.29, 1.82) is 0 Å². The summed E-state index contributed by atoms with van der Waals surface area (Å²) in [4.78, 5) is 17.7. The molecule has 0 radical (unpaired) electrons. The molecule has 4 N–H and O–H groups in total. The standard InChI is InChI=1S/C15H23FN4O.HI/c1-3-20(4-2)15(18)19-10-12(14(17)21)9-11-5-7-13(16)8-6-11;/h5-8,12H,3-4,9-10H2,1-2H3,(H2,17,21)(H2,18,19);1H. The van der Waals surface area contributed by atoms with Gasteiger partial charge in [0.05, 0.1) is 12.5 Å². The van der Waals surface area contributed by atoms with E-state index < -0.39 is 11.8 Å². The van der Waals surface area contributed by atoms with E-state index in [2.05, 4.69) is 4.99 Å². The van der Waals surface area contributed by atoms with Crippen LogP contribution in [0.25, 0.3) is 0 Å². The Kier molecular flexibility index (Phi) is 9.71. The minimum Gasteiger partial charge on any atom is -0.370 e. The maximum Gasteiger partial charge on any atom is 0.222 e. The Hall–Kier alpha value is -1.38. The molecule has 1 unspecified atom stereocenters. The lowest BCUT2D eigenvalue weighted by Gasteiger charge is -2.20. The van der Waals surface area contributed by atoms with E-state index in [-0.39, 0.29) is 36.3 Å². The van der Waals surface area contributed by atoms with E-state index in [0.29, 0.717) is 12.4 Å². The molecule has 22 heavy (non-hydrogen) atoms. The molecule has 1 amide bonds. The van der Waals surface area contributed by atoms with Crippen LogP contribution in [0, 0.1) is 11.7 Å². The Balaban J connectivity index is 0.00000441. The number of carbonyl (C=O) groups is 1. The average Bonchev–Trinajstić information content (AvgIpc) is 2.46. The minimum atomic E-state index is -0.454. The van der Waals surface area contributed by atoms with Gasteiger partial charge in [-0.3, -0.25) is 9.79 Å². The first-order valence-corrected chi connectivity index (χ1v) is 7.06. The zero-order chi connectivity index (χ0) is 15.8. The van der Waals surface area contributed by atoms with Gasteiger partial charge in [0.25, 0.3) is 0 Å². The van der Waals surface area contributed by atoms with Gasteiger partial charge in [0.1, 0.15) is 5.82 Å². The molecule has 0 aliphatic rings. The Morgan fingerprint density at radius 2 is 1.77 bits per heavy atom. The van der Waals surface area contributed by atoms with Crippen molar-refractivity contribution in [1.82, 2.24) is 4.90 Å². The van der Waals surface area contributed by atoms with Gasteiger partial charge in [0, 0.05) is 13.1 Å². The third kappa shape index (κ3) is 6.59. The second-order valence-corrected chi connectivity index (χ2v) is 4.80. The van der Waals surface area contributed by atoms with E-state index in [4.69, 9.17) is 11.5 Å². The second kappa shape index (κ2) is 10.4. The number of halogens is 2. The summed E-state index contributed by atoms with van der Waals surface area (Å²) < 4.78 is 12.9. The van der Waals surface area contributed by atoms with Gasteiger partial charge < -0.3 is 16.4 Å². The van der Waals surface area contributed by atoms with Crippen molar-refractivity contribution >= 4 is 35.8 Å². The molecular weight excluding hydrogens is 398 g/mol. The molecule has 5 nitrogen and oxygen atoms in total. The Morgan fingerprint density at radius 3 is 2.23 bits per heavy atom. The second-order valence-electron chi connectivity index (χ2n) is 4.80. The van der Waals surface area contributed by atoms with Crippen LogP contribution >= 0.6 is 24.0 Å². The van der Waals surface area contributed by atoms with Crippen molar-refractivity contribution in [3.63, 3.8) is 0 Å². The zero-order valence-electron chi connectivity index (χ0n) is 13.0. The normalized spacial score (nSPS) is 12.4. The molecule has 1 atom stereocenters. The third-order valence-electron chi connectivity index (χ3n) is 3.36. The van der Waals surface area contributed by atoms with Crippen LogP contribution in [0.1, 0.15) is 19.4 Å². The lowest BCUT2D eigenvalue weighted by molar-refractivity contribution is -0.121. The summed E-state index contributed by atoms with van der Waals surface area (Å²) in [5.41, 5.74) is 12.1. The van der Waals surface area contributed by atoms with Crippen LogP contribution in [0.15, 0.2) is 29.3 Å². The number of guanidine groups is 1. The fraction of sp³-hybridized carbons (Fsp3) is 0.467. The predicted octanol–water partition coefficient (Wildman–Crippen LogP) is 1.74. The molecule has 0 aliphatic heterocycles. The number of nitrogens with two attached hydrogens (primary N) is 2. The number of amides is 1. The molecule has 0 aromatic heterocycles. The first kappa shape index (κ1) is 20.6. The first-order chi connectivity index (χ1) is 9.97. The quantitative estimate of drug-likeness (QED) is 0.399. The van der Waals surface area contributed by atoms with Gasteiger partial charge in [-0.2, -0.15) is 0 Å². The average molecular weight is 422 g/mol. The number of primary amides is 1. The lowest BCUT2D eigenvalue weighted by atomic mass is 9.99. The van der Waals surface area contributed by atoms with Gasteiger partial charge in [-0.05, 0) is 38.0 Å². The van der Waals surface area contributed by atoms with Crippen molar-refractivity contribution in [2.75, 3.05) is 19.6 Å². The molecule has 0 bridgehead atoms. The highest BCUT2D eigenvalue weighted by molar-refractivity contribution is 14.0. The molecule has 124 valence electrons. The number of nitrogens with zero attached hydrogens (tertiary/aromatic N) is 2. The molecule has 0 fully saturated rings. The van der Waals surface area contributed by atoms with E-state index >= 15 is 0 Å². The molecule has 1 aromatic carbocycles. The fourth-order valence-corrected chi connectivity index (χ4v) is 2.01. The lowest BCUT2D eigenvalue weighted by Crippen LogP contribution is -2.38. The third-order valence-corrected chi connectivity index (χ3v) is 3.36. The topological polar surface area (TPSA) is 84.7 Å². The summed E-state index contributed by atoms with van der Waals surface area (Å²) in [7, 11) is 0. The van der Waals surface area contributed by atoms with Gasteiger partial charge in [-0.15, -0.1) is 24.0 Å². The highest BCUT2D eigenvalue weighted by atomic mass is 127. The van der Waals surface area contributed by atoms with Crippen LogP contribution in [0.5, 0.6) is 0 Å². The number of hydrogen-bond donors (Lipinski definition) is 2. The van der Waals surface area contributed by atoms with Crippen molar-refractivity contribution in [2.45, 2.75) is 20.3 Å². The van der Waals surface area contributed by atoms with Gasteiger partial charge in [0.2, 0.25) is 5.91 Å². The molecule has 1 aromatic rings. The predicted molar refractivity (Wildman–Crippen MR) is 97.6 cm³/mol. The fourth-order valence-electron chi connectivity index (χ4n) is 2.01. The molecular formula is C15H24FIN4O. The van der Waals surface area contributed by atoms with Gasteiger partial charge in [-0.1, -0.05) is 12.1 Å². The van der Waals surface area contributed by atoms with Crippen molar-refractivity contribution in [3.05, 3.63) is 35.6 Å². The van der Waals surface area contributed by atoms with Crippen molar-refractivity contribution in [2.24, 2.45) is 22.4 Å². The van der Waals surface area contributed by atoms with Crippen LogP contribution < -0.4 is 11.5 Å². The Morgan fingerprint density at radius 1 is 1.23 bits per heavy atom. The van der Waals surface area contributed by atoms with Crippen LogP contribution in [0.4, 0.5) is 4.39 Å². The largest absolute Gasteiger partial charge is 0.370 e. The van der Waals surface area contributed by atoms with Crippen LogP contribution in [-0.4, -0.2) is 36.4 Å². The van der Waals surface area contributed by atoms with E-state index in [1.165, 1.54) is 12.1 Å². The van der Waals surface area contributed by atoms with Gasteiger partial charge >= 0.3 is 0 Å². The summed E-state index contributed by atoms with van der Waals surface area (Å²) in [6, 6.07) is 6.01. The van der Waals surface area contributed by atoms with Crippen molar-refractivity contribution in [3.8, 4) is 0 Å². The van der Waals surface area contributed by atoms with Gasteiger partial charge in [0.15, 0.2) is 5.96 Å². The van der Waals surface area contributed by atoms with Crippen molar-refractivity contribution < 1.29 is 9.18 Å². The van der Waals surface area contributed by atoms with Crippen LogP contribution in [0.3, 0.4) is 0 Å². The molecule has 0 heterocycles. The first-order valence-electron chi connectivity index (χ1n) is 7.06. The van der Waals surface area contributed by atoms with Gasteiger partial charge in [-0.25, -0.2) is 4.39 Å². The number of rotatable bonds is 7. The maximum absolute atomic E-state index is 12.9. The number of benzene rings is 1. The summed E-state index contributed by atoms with van der Waals surface area (Å²) in [5.74, 6) is -0.788. The molecule has 0 aliphatic carbocycles. The van der Waals surface area contributed by atoms with E-state index in [1.807, 2.05) is 18.7 Å². The smallest absolute Gasteiger partial charge is 0.222 e. The number of hydrogen-bond acceptors (Lipinski definition) is 2. The van der Waals surface area contributed by atoms with E-state index in [9.17, 15) is 9.18 Å². The number of aliphatic imine (C=N–C) groups is 1.